The Morgan fingerprint density at radius 2 is 1.71 bits per heavy atom. The van der Waals surface area contributed by atoms with E-state index in [1.54, 1.807) is 6.20 Å². The van der Waals surface area contributed by atoms with Crippen molar-refractivity contribution in [2.24, 2.45) is 0 Å². The summed E-state index contributed by atoms with van der Waals surface area (Å²) in [5.41, 5.74) is 7.51. The number of hydrogen-bond acceptors (Lipinski definition) is 4. The molecule has 0 fully saturated rings. The zero-order chi connectivity index (χ0) is 19.8. The van der Waals surface area contributed by atoms with Crippen LogP contribution in [0.4, 0.5) is 5.69 Å². The molecule has 0 atom stereocenters. The van der Waals surface area contributed by atoms with Gasteiger partial charge < -0.3 is 5.32 Å². The number of carbonyl (C=O) groups is 1. The highest BCUT2D eigenvalue weighted by Crippen LogP contribution is 2.26. The van der Waals surface area contributed by atoms with Gasteiger partial charge in [0, 0.05) is 22.2 Å². The number of fused-ring (bicyclic) bond motifs is 1. The lowest BCUT2D eigenvalue weighted by Crippen LogP contribution is -2.13. The second-order valence-corrected chi connectivity index (χ2v) is 7.09. The van der Waals surface area contributed by atoms with Crippen molar-refractivity contribution >= 4 is 22.6 Å². The molecule has 0 saturated carbocycles. The topological polar surface area (TPSA) is 83.6 Å². The Kier molecular flexibility index (Phi) is 4.39. The fourth-order valence-electron chi connectivity index (χ4n) is 3.35. The van der Waals surface area contributed by atoms with E-state index in [0.717, 1.165) is 44.8 Å². The second kappa shape index (κ2) is 6.88. The molecule has 28 heavy (non-hydrogen) atoms. The van der Waals surface area contributed by atoms with Crippen LogP contribution < -0.4 is 5.32 Å². The smallest absolute Gasteiger partial charge is 0.255 e. The number of nitrogens with one attached hydrogen (secondary N) is 2. The van der Waals surface area contributed by atoms with E-state index in [1.165, 1.54) is 0 Å². The van der Waals surface area contributed by atoms with Crippen molar-refractivity contribution in [2.45, 2.75) is 27.7 Å². The van der Waals surface area contributed by atoms with Crippen LogP contribution in [-0.4, -0.2) is 26.1 Å². The summed E-state index contributed by atoms with van der Waals surface area (Å²) in [6.45, 7) is 7.83. The van der Waals surface area contributed by atoms with E-state index in [2.05, 4.69) is 25.5 Å². The molecule has 0 aliphatic rings. The molecule has 0 radical (unpaired) electrons. The highest BCUT2D eigenvalue weighted by molar-refractivity contribution is 6.04. The number of nitrogens with zero attached hydrogens (tertiary/aromatic N) is 3. The van der Waals surface area contributed by atoms with Gasteiger partial charge in [-0.25, -0.2) is 4.98 Å². The number of rotatable bonds is 3. The summed E-state index contributed by atoms with van der Waals surface area (Å²) < 4.78 is 0. The molecule has 4 aromatic rings. The van der Waals surface area contributed by atoms with Crippen molar-refractivity contribution in [3.05, 3.63) is 70.7 Å². The monoisotopic (exact) mass is 371 g/mol. The first kappa shape index (κ1) is 17.9. The average Bonchev–Trinajstić information content (AvgIpc) is 3.03. The maximum absolute atomic E-state index is 12.7. The standard InChI is InChI=1S/C22H21N5O/c1-12-7-13(2)9-16(8-12)22(28)24-17-10-19(14(3)23-11-17)20-6-5-18-15(4)26-27-21(18)25-20/h5-11H,1-4H3,(H,24,28)(H,25,26,27). The first-order valence-electron chi connectivity index (χ1n) is 9.09. The number of H-pyrrole nitrogens is 1. The molecule has 0 spiro atoms. The highest BCUT2D eigenvalue weighted by atomic mass is 16.1. The summed E-state index contributed by atoms with van der Waals surface area (Å²) in [5, 5.41) is 11.1. The number of hydrogen-bond donors (Lipinski definition) is 2. The van der Waals surface area contributed by atoms with E-state index in [0.29, 0.717) is 11.3 Å². The van der Waals surface area contributed by atoms with Gasteiger partial charge in [-0.3, -0.25) is 14.9 Å². The van der Waals surface area contributed by atoms with E-state index in [4.69, 9.17) is 0 Å². The molecule has 0 saturated heterocycles. The van der Waals surface area contributed by atoms with Gasteiger partial charge in [0.25, 0.3) is 5.91 Å². The summed E-state index contributed by atoms with van der Waals surface area (Å²) in [7, 11) is 0. The van der Waals surface area contributed by atoms with E-state index in [-0.39, 0.29) is 5.91 Å². The van der Waals surface area contributed by atoms with Crippen LogP contribution in [0, 0.1) is 27.7 Å². The van der Waals surface area contributed by atoms with Crippen LogP contribution in [0.25, 0.3) is 22.3 Å². The van der Waals surface area contributed by atoms with Gasteiger partial charge in [0.15, 0.2) is 5.65 Å². The number of benzene rings is 1. The van der Waals surface area contributed by atoms with Crippen molar-refractivity contribution < 1.29 is 4.79 Å². The third-order valence-corrected chi connectivity index (χ3v) is 4.72. The van der Waals surface area contributed by atoms with Crippen LogP contribution in [0.5, 0.6) is 0 Å². The molecule has 2 N–H and O–H groups in total. The van der Waals surface area contributed by atoms with Gasteiger partial charge in [-0.05, 0) is 58.0 Å². The fraction of sp³-hybridized carbons (Fsp3) is 0.182. The Morgan fingerprint density at radius 3 is 2.46 bits per heavy atom. The van der Waals surface area contributed by atoms with Crippen molar-refractivity contribution in [1.29, 1.82) is 0 Å². The number of pyridine rings is 2. The molecule has 6 nitrogen and oxygen atoms in total. The second-order valence-electron chi connectivity index (χ2n) is 7.09. The number of aryl methyl sites for hydroxylation is 4. The number of amides is 1. The summed E-state index contributed by atoms with van der Waals surface area (Å²) in [5.74, 6) is -0.156. The quantitative estimate of drug-likeness (QED) is 0.555. The molecule has 0 aliphatic carbocycles. The number of aromatic amines is 1. The van der Waals surface area contributed by atoms with E-state index < -0.39 is 0 Å². The molecule has 6 heteroatoms. The maximum Gasteiger partial charge on any atom is 0.255 e. The van der Waals surface area contributed by atoms with Gasteiger partial charge >= 0.3 is 0 Å². The minimum Gasteiger partial charge on any atom is -0.321 e. The Morgan fingerprint density at radius 1 is 0.964 bits per heavy atom. The van der Waals surface area contributed by atoms with Gasteiger partial charge in [0.1, 0.15) is 0 Å². The van der Waals surface area contributed by atoms with Crippen molar-refractivity contribution in [2.75, 3.05) is 5.32 Å². The minimum absolute atomic E-state index is 0.156. The van der Waals surface area contributed by atoms with Crippen molar-refractivity contribution in [1.82, 2.24) is 20.2 Å². The number of anilines is 1. The Bertz CT molecular complexity index is 1190. The van der Waals surface area contributed by atoms with Crippen LogP contribution in [0.3, 0.4) is 0 Å². The molecule has 1 aromatic carbocycles. The SMILES string of the molecule is Cc1cc(C)cc(C(=O)Nc2cnc(C)c(-c3ccc4c(C)n[nH]c4n3)c2)c1. The van der Waals surface area contributed by atoms with Crippen LogP contribution >= 0.6 is 0 Å². The molecular formula is C22H21N5O. The summed E-state index contributed by atoms with van der Waals surface area (Å²) >= 11 is 0. The highest BCUT2D eigenvalue weighted by Gasteiger charge is 2.12. The molecule has 1 amide bonds. The molecule has 0 aliphatic heterocycles. The van der Waals surface area contributed by atoms with Gasteiger partial charge in [-0.1, -0.05) is 17.2 Å². The molecular weight excluding hydrogens is 350 g/mol. The van der Waals surface area contributed by atoms with Gasteiger partial charge in [-0.15, -0.1) is 0 Å². The summed E-state index contributed by atoms with van der Waals surface area (Å²) in [6.07, 6.45) is 1.66. The third-order valence-electron chi connectivity index (χ3n) is 4.72. The number of aromatic nitrogens is 4. The lowest BCUT2D eigenvalue weighted by Gasteiger charge is -2.10. The van der Waals surface area contributed by atoms with Gasteiger partial charge in [-0.2, -0.15) is 5.10 Å². The molecule has 3 aromatic heterocycles. The zero-order valence-corrected chi connectivity index (χ0v) is 16.3. The lowest BCUT2D eigenvalue weighted by molar-refractivity contribution is 0.102. The average molecular weight is 371 g/mol. The van der Waals surface area contributed by atoms with Crippen molar-refractivity contribution in [3.63, 3.8) is 0 Å². The molecule has 140 valence electrons. The first-order valence-corrected chi connectivity index (χ1v) is 9.09. The fourth-order valence-corrected chi connectivity index (χ4v) is 3.35. The van der Waals surface area contributed by atoms with Gasteiger partial charge in [0.2, 0.25) is 0 Å². The van der Waals surface area contributed by atoms with E-state index in [9.17, 15) is 4.79 Å². The minimum atomic E-state index is -0.156. The Labute approximate surface area is 163 Å². The number of carbonyl (C=O) groups excluding carboxylic acids is 1. The zero-order valence-electron chi connectivity index (χ0n) is 16.3. The Hall–Kier alpha value is -3.54. The third kappa shape index (κ3) is 3.36. The predicted octanol–water partition coefficient (Wildman–Crippen LogP) is 4.51. The van der Waals surface area contributed by atoms with Crippen molar-refractivity contribution in [3.8, 4) is 11.3 Å². The molecule has 4 rings (SSSR count). The summed E-state index contributed by atoms with van der Waals surface area (Å²) in [4.78, 5) is 21.8. The molecule has 3 heterocycles. The normalized spacial score (nSPS) is 11.0. The van der Waals surface area contributed by atoms with E-state index >= 15 is 0 Å². The van der Waals surface area contributed by atoms with Crippen LogP contribution in [0.2, 0.25) is 0 Å². The first-order chi connectivity index (χ1) is 13.4. The molecule has 0 bridgehead atoms. The molecule has 0 unspecified atom stereocenters. The lowest BCUT2D eigenvalue weighted by atomic mass is 10.1. The van der Waals surface area contributed by atoms with Crippen LogP contribution in [0.1, 0.15) is 32.9 Å². The van der Waals surface area contributed by atoms with Crippen LogP contribution in [0.15, 0.2) is 42.6 Å². The maximum atomic E-state index is 12.7. The largest absolute Gasteiger partial charge is 0.321 e. The van der Waals surface area contributed by atoms with Crippen LogP contribution in [-0.2, 0) is 0 Å². The van der Waals surface area contributed by atoms with Gasteiger partial charge in [0.05, 0.1) is 23.3 Å². The Balaban J connectivity index is 1.67. The summed E-state index contributed by atoms with van der Waals surface area (Å²) in [6, 6.07) is 11.6. The predicted molar refractivity (Wildman–Crippen MR) is 110 cm³/mol. The van der Waals surface area contributed by atoms with E-state index in [1.807, 2.05) is 64.1 Å².